The normalized spacial score (nSPS) is 40.5. The molecule has 0 aromatic carbocycles. The van der Waals surface area contributed by atoms with E-state index < -0.39 is 0 Å². The summed E-state index contributed by atoms with van der Waals surface area (Å²) < 4.78 is 21.4. The third kappa shape index (κ3) is 4.57. The van der Waals surface area contributed by atoms with Crippen molar-refractivity contribution in [3.63, 3.8) is 0 Å². The van der Waals surface area contributed by atoms with Gasteiger partial charge in [0.15, 0.2) is 0 Å². The molecule has 18 heavy (non-hydrogen) atoms. The first-order valence-electron chi connectivity index (χ1n) is 6.93. The molecule has 6 heteroatoms. The lowest BCUT2D eigenvalue weighted by atomic mass is 9.86. The van der Waals surface area contributed by atoms with Gasteiger partial charge in [-0.1, -0.05) is 6.92 Å². The van der Waals surface area contributed by atoms with Gasteiger partial charge >= 0.3 is 14.2 Å². The van der Waals surface area contributed by atoms with Gasteiger partial charge in [0, 0.05) is 18.1 Å². The van der Waals surface area contributed by atoms with Crippen molar-refractivity contribution in [3.05, 3.63) is 0 Å². The SMILES string of the molecule is CB1OC(C)C(C)C(C)O1.CB1OC(C)C(C)O1. The molecular formula is C12H26B2O4. The van der Waals surface area contributed by atoms with Gasteiger partial charge in [0.1, 0.15) is 0 Å². The first-order valence-corrected chi connectivity index (χ1v) is 6.93. The van der Waals surface area contributed by atoms with Crippen LogP contribution in [0, 0.1) is 5.92 Å². The van der Waals surface area contributed by atoms with Gasteiger partial charge in [0.2, 0.25) is 0 Å². The molecule has 0 aromatic rings. The second kappa shape index (κ2) is 6.94. The van der Waals surface area contributed by atoms with Crippen LogP contribution in [0.25, 0.3) is 0 Å². The van der Waals surface area contributed by atoms with Crippen LogP contribution in [0.4, 0.5) is 0 Å². The molecule has 0 radical (unpaired) electrons. The Labute approximate surface area is 112 Å². The van der Waals surface area contributed by atoms with Crippen molar-refractivity contribution in [2.75, 3.05) is 0 Å². The van der Waals surface area contributed by atoms with E-state index in [4.69, 9.17) is 18.6 Å². The molecule has 0 saturated carbocycles. The Morgan fingerprint density at radius 3 is 1.11 bits per heavy atom. The largest absolute Gasteiger partial charge is 0.454 e. The maximum Gasteiger partial charge on any atom is 0.454 e. The summed E-state index contributed by atoms with van der Waals surface area (Å²) in [7, 11) is -0.0267. The Morgan fingerprint density at radius 2 is 0.833 bits per heavy atom. The standard InChI is InChI=1S/C7H15BO2.C5H11BO2/c1-5-6(2)9-8(4)10-7(5)3;1-4-5(2)8-6(3)7-4/h5-7H,1-4H3;4-5H,1-3H3. The third-order valence-electron chi connectivity index (χ3n) is 3.77. The molecule has 104 valence electrons. The molecule has 4 unspecified atom stereocenters. The third-order valence-corrected chi connectivity index (χ3v) is 3.77. The second-order valence-corrected chi connectivity index (χ2v) is 5.36. The van der Waals surface area contributed by atoms with Crippen LogP contribution in [0.3, 0.4) is 0 Å². The van der Waals surface area contributed by atoms with Crippen LogP contribution in [-0.2, 0) is 18.6 Å². The summed E-state index contributed by atoms with van der Waals surface area (Å²) in [4.78, 5) is 0. The molecule has 0 spiro atoms. The highest BCUT2D eigenvalue weighted by atomic mass is 16.6. The fraction of sp³-hybridized carbons (Fsp3) is 1.00. The molecule has 2 heterocycles. The smallest absolute Gasteiger partial charge is 0.408 e. The molecule has 2 aliphatic rings. The predicted octanol–water partition coefficient (Wildman–Crippen LogP) is 2.49. The highest BCUT2D eigenvalue weighted by Crippen LogP contribution is 2.21. The summed E-state index contributed by atoms with van der Waals surface area (Å²) in [6.45, 7) is 14.3. The van der Waals surface area contributed by atoms with Crippen molar-refractivity contribution in [2.45, 2.75) is 72.7 Å². The van der Waals surface area contributed by atoms with Crippen molar-refractivity contribution in [2.24, 2.45) is 5.92 Å². The van der Waals surface area contributed by atoms with Gasteiger partial charge in [-0.2, -0.15) is 0 Å². The molecule has 0 amide bonds. The fourth-order valence-corrected chi connectivity index (χ4v) is 2.12. The van der Waals surface area contributed by atoms with Crippen LogP contribution in [-0.4, -0.2) is 38.7 Å². The predicted molar refractivity (Wildman–Crippen MR) is 74.6 cm³/mol. The Balaban J connectivity index is 0.000000184. The van der Waals surface area contributed by atoms with E-state index in [1.54, 1.807) is 0 Å². The molecule has 2 rings (SSSR count). The summed E-state index contributed by atoms with van der Waals surface area (Å²) in [5.41, 5.74) is 0. The summed E-state index contributed by atoms with van der Waals surface area (Å²) in [6, 6.07) is 0. The molecule has 4 nitrogen and oxygen atoms in total. The lowest BCUT2D eigenvalue weighted by molar-refractivity contribution is -0.0128. The first-order chi connectivity index (χ1) is 8.31. The average molecular weight is 256 g/mol. The van der Waals surface area contributed by atoms with E-state index >= 15 is 0 Å². The highest BCUT2D eigenvalue weighted by molar-refractivity contribution is 6.43. The Bertz CT molecular complexity index is 232. The van der Waals surface area contributed by atoms with E-state index in [0.29, 0.717) is 18.1 Å². The number of hydrogen-bond donors (Lipinski definition) is 0. The molecular weight excluding hydrogens is 230 g/mol. The van der Waals surface area contributed by atoms with E-state index in [1.807, 2.05) is 27.5 Å². The number of hydrogen-bond acceptors (Lipinski definition) is 4. The van der Waals surface area contributed by atoms with Gasteiger partial charge in [-0.25, -0.2) is 0 Å². The molecule has 4 atom stereocenters. The fourth-order valence-electron chi connectivity index (χ4n) is 2.12. The molecule has 2 saturated heterocycles. The van der Waals surface area contributed by atoms with Crippen LogP contribution in [0.5, 0.6) is 0 Å². The van der Waals surface area contributed by atoms with Crippen LogP contribution in [0.1, 0.15) is 34.6 Å². The Kier molecular flexibility index (Phi) is 6.18. The van der Waals surface area contributed by atoms with E-state index in [2.05, 4.69) is 20.8 Å². The molecule has 2 aliphatic heterocycles. The molecule has 0 aromatic heterocycles. The Morgan fingerprint density at radius 1 is 0.556 bits per heavy atom. The summed E-state index contributed by atoms with van der Waals surface area (Å²) in [5, 5.41) is 0. The van der Waals surface area contributed by atoms with Crippen LogP contribution < -0.4 is 0 Å². The van der Waals surface area contributed by atoms with Crippen molar-refractivity contribution in [1.82, 2.24) is 0 Å². The maximum absolute atomic E-state index is 5.45. The van der Waals surface area contributed by atoms with E-state index in [-0.39, 0.29) is 26.4 Å². The zero-order valence-corrected chi connectivity index (χ0v) is 12.7. The molecule has 0 bridgehead atoms. The minimum atomic E-state index is -0.0267. The van der Waals surface area contributed by atoms with Gasteiger partial charge in [-0.3, -0.25) is 0 Å². The summed E-state index contributed by atoms with van der Waals surface area (Å²) >= 11 is 0. The van der Waals surface area contributed by atoms with Crippen molar-refractivity contribution in [1.29, 1.82) is 0 Å². The molecule has 0 N–H and O–H groups in total. The summed E-state index contributed by atoms with van der Waals surface area (Å²) in [6.07, 6.45) is 1.20. The van der Waals surface area contributed by atoms with E-state index in [9.17, 15) is 0 Å². The van der Waals surface area contributed by atoms with Crippen molar-refractivity contribution in [3.8, 4) is 0 Å². The van der Waals surface area contributed by atoms with E-state index in [0.717, 1.165) is 0 Å². The van der Waals surface area contributed by atoms with Crippen LogP contribution in [0.2, 0.25) is 13.6 Å². The van der Waals surface area contributed by atoms with Crippen molar-refractivity contribution >= 4 is 14.2 Å². The van der Waals surface area contributed by atoms with Gasteiger partial charge < -0.3 is 18.6 Å². The van der Waals surface area contributed by atoms with E-state index in [1.165, 1.54) is 0 Å². The zero-order valence-electron chi connectivity index (χ0n) is 12.7. The van der Waals surface area contributed by atoms with Gasteiger partial charge in [0.05, 0.1) is 12.2 Å². The van der Waals surface area contributed by atoms with Crippen LogP contribution in [0.15, 0.2) is 0 Å². The zero-order chi connectivity index (χ0) is 13.9. The van der Waals surface area contributed by atoms with Gasteiger partial charge in [-0.05, 0) is 41.3 Å². The first kappa shape index (κ1) is 16.0. The molecule has 0 aliphatic carbocycles. The number of rotatable bonds is 0. The van der Waals surface area contributed by atoms with Crippen molar-refractivity contribution < 1.29 is 18.6 Å². The average Bonchev–Trinajstić information content (AvgIpc) is 2.53. The lowest BCUT2D eigenvalue weighted by Crippen LogP contribution is -2.43. The lowest BCUT2D eigenvalue weighted by Gasteiger charge is -2.35. The monoisotopic (exact) mass is 256 g/mol. The van der Waals surface area contributed by atoms with Crippen LogP contribution >= 0.6 is 0 Å². The van der Waals surface area contributed by atoms with Gasteiger partial charge in [-0.15, -0.1) is 0 Å². The second-order valence-electron chi connectivity index (χ2n) is 5.36. The quantitative estimate of drug-likeness (QED) is 0.624. The minimum absolute atomic E-state index is 0.000000000000000222. The van der Waals surface area contributed by atoms with Gasteiger partial charge in [0.25, 0.3) is 0 Å². The maximum atomic E-state index is 5.45. The topological polar surface area (TPSA) is 36.9 Å². The summed E-state index contributed by atoms with van der Waals surface area (Å²) in [5.74, 6) is 0.510. The molecule has 2 fully saturated rings. The Hall–Kier alpha value is -0.0301. The minimum Gasteiger partial charge on any atom is -0.408 e. The highest BCUT2D eigenvalue weighted by Gasteiger charge is 2.31.